The highest BCUT2D eigenvalue weighted by Crippen LogP contribution is 2.32. The molecule has 1 fully saturated rings. The molecule has 118 valence electrons. The second kappa shape index (κ2) is 6.21. The van der Waals surface area contributed by atoms with Crippen molar-refractivity contribution < 1.29 is 17.9 Å². The quantitative estimate of drug-likeness (QED) is 0.903. The van der Waals surface area contributed by atoms with E-state index in [9.17, 15) is 8.42 Å². The van der Waals surface area contributed by atoms with Gasteiger partial charge in [0.2, 0.25) is 10.0 Å². The first-order valence-electron chi connectivity index (χ1n) is 6.89. The highest BCUT2D eigenvalue weighted by Gasteiger charge is 2.33. The molecule has 0 aliphatic carbocycles. The van der Waals surface area contributed by atoms with E-state index >= 15 is 0 Å². The van der Waals surface area contributed by atoms with Gasteiger partial charge in [-0.05, 0) is 31.9 Å². The lowest BCUT2D eigenvalue weighted by atomic mass is 10.0. The highest BCUT2D eigenvalue weighted by atomic mass is 32.2. The summed E-state index contributed by atoms with van der Waals surface area (Å²) in [4.78, 5) is 0.211. The fourth-order valence-corrected chi connectivity index (χ4v) is 4.33. The largest absolute Gasteiger partial charge is 0.493 e. The Kier molecular flexibility index (Phi) is 4.75. The van der Waals surface area contributed by atoms with Crippen molar-refractivity contribution in [1.29, 1.82) is 0 Å². The molecule has 6 nitrogen and oxygen atoms in total. The summed E-state index contributed by atoms with van der Waals surface area (Å²) in [5, 5.41) is 0. The van der Waals surface area contributed by atoms with Crippen molar-refractivity contribution in [3.8, 4) is 11.5 Å². The first-order valence-corrected chi connectivity index (χ1v) is 8.33. The lowest BCUT2D eigenvalue weighted by Gasteiger charge is -2.35. The van der Waals surface area contributed by atoms with Gasteiger partial charge >= 0.3 is 0 Å². The van der Waals surface area contributed by atoms with E-state index in [0.29, 0.717) is 30.9 Å². The molecule has 1 aromatic carbocycles. The van der Waals surface area contributed by atoms with Crippen LogP contribution in [-0.2, 0) is 10.0 Å². The van der Waals surface area contributed by atoms with Gasteiger partial charge in [-0.1, -0.05) is 0 Å². The molecule has 0 radical (unpaired) electrons. The van der Waals surface area contributed by atoms with Crippen molar-refractivity contribution in [2.45, 2.75) is 36.7 Å². The number of benzene rings is 1. The molecular weight excluding hydrogens is 292 g/mol. The summed E-state index contributed by atoms with van der Waals surface area (Å²) in [5.41, 5.74) is 5.89. The zero-order valence-electron chi connectivity index (χ0n) is 12.6. The fourth-order valence-electron chi connectivity index (χ4n) is 2.66. The Hall–Kier alpha value is -1.31. The highest BCUT2D eigenvalue weighted by molar-refractivity contribution is 7.89. The summed E-state index contributed by atoms with van der Waals surface area (Å²) in [5.74, 6) is 0.908. The van der Waals surface area contributed by atoms with Crippen molar-refractivity contribution in [3.63, 3.8) is 0 Å². The molecular formula is C14H22N2O4S. The molecule has 2 N–H and O–H groups in total. The van der Waals surface area contributed by atoms with Crippen LogP contribution in [0.15, 0.2) is 23.1 Å². The van der Waals surface area contributed by atoms with Crippen molar-refractivity contribution >= 4 is 10.0 Å². The number of nitrogens with zero attached hydrogens (tertiary/aromatic N) is 1. The number of hydrogen-bond acceptors (Lipinski definition) is 5. The third-order valence-electron chi connectivity index (χ3n) is 3.82. The van der Waals surface area contributed by atoms with Crippen LogP contribution in [0.3, 0.4) is 0 Å². The average molecular weight is 314 g/mol. The first-order chi connectivity index (χ1) is 9.90. The number of hydrogen-bond donors (Lipinski definition) is 1. The number of methoxy groups -OCH3 is 2. The molecule has 1 aliphatic rings. The second-order valence-corrected chi connectivity index (χ2v) is 7.16. The second-order valence-electron chi connectivity index (χ2n) is 5.27. The van der Waals surface area contributed by atoms with Crippen LogP contribution in [0.4, 0.5) is 0 Å². The summed E-state index contributed by atoms with van der Waals surface area (Å²) >= 11 is 0. The van der Waals surface area contributed by atoms with Crippen LogP contribution in [-0.4, -0.2) is 45.6 Å². The van der Waals surface area contributed by atoms with Crippen molar-refractivity contribution in [2.24, 2.45) is 5.73 Å². The van der Waals surface area contributed by atoms with Crippen LogP contribution in [0, 0.1) is 0 Å². The van der Waals surface area contributed by atoms with Crippen LogP contribution in [0.1, 0.15) is 19.8 Å². The minimum atomic E-state index is -3.55. The SMILES string of the molecule is COc1ccc(S(=O)(=O)N2CCC(N)CC2C)cc1OC. The van der Waals surface area contributed by atoms with Gasteiger partial charge in [-0.25, -0.2) is 8.42 Å². The van der Waals surface area contributed by atoms with E-state index in [1.54, 1.807) is 6.07 Å². The molecule has 0 bridgehead atoms. The normalized spacial score (nSPS) is 23.8. The van der Waals surface area contributed by atoms with E-state index < -0.39 is 10.0 Å². The van der Waals surface area contributed by atoms with Crippen LogP contribution < -0.4 is 15.2 Å². The molecule has 2 atom stereocenters. The predicted molar refractivity (Wildman–Crippen MR) is 80.1 cm³/mol. The Morgan fingerprint density at radius 2 is 1.90 bits per heavy atom. The third kappa shape index (κ3) is 3.14. The van der Waals surface area contributed by atoms with Gasteiger partial charge in [0.25, 0.3) is 0 Å². The lowest BCUT2D eigenvalue weighted by molar-refractivity contribution is 0.247. The molecule has 1 heterocycles. The maximum atomic E-state index is 12.8. The molecule has 0 saturated carbocycles. The lowest BCUT2D eigenvalue weighted by Crippen LogP contribution is -2.48. The summed E-state index contributed by atoms with van der Waals surface area (Å²) in [6, 6.07) is 4.60. The van der Waals surface area contributed by atoms with Gasteiger partial charge in [0.15, 0.2) is 11.5 Å². The van der Waals surface area contributed by atoms with Crippen LogP contribution in [0.5, 0.6) is 11.5 Å². The molecule has 0 amide bonds. The minimum absolute atomic E-state index is 0.0665. The Morgan fingerprint density at radius 1 is 1.24 bits per heavy atom. The minimum Gasteiger partial charge on any atom is -0.493 e. The monoisotopic (exact) mass is 314 g/mol. The molecule has 1 aromatic rings. The Labute approximate surface area is 125 Å². The smallest absolute Gasteiger partial charge is 0.243 e. The molecule has 1 saturated heterocycles. The van der Waals surface area contributed by atoms with Crippen molar-refractivity contribution in [1.82, 2.24) is 4.31 Å². The number of piperidine rings is 1. The Morgan fingerprint density at radius 3 is 2.48 bits per heavy atom. The maximum Gasteiger partial charge on any atom is 0.243 e. The summed E-state index contributed by atoms with van der Waals surface area (Å²) in [7, 11) is -0.553. The van der Waals surface area contributed by atoms with E-state index in [1.807, 2.05) is 6.92 Å². The van der Waals surface area contributed by atoms with Gasteiger partial charge in [0.05, 0.1) is 19.1 Å². The van der Waals surface area contributed by atoms with E-state index in [0.717, 1.165) is 0 Å². The van der Waals surface area contributed by atoms with Gasteiger partial charge in [-0.2, -0.15) is 4.31 Å². The van der Waals surface area contributed by atoms with E-state index in [4.69, 9.17) is 15.2 Å². The topological polar surface area (TPSA) is 81.9 Å². The Bertz CT molecular complexity index is 603. The number of sulfonamides is 1. The van der Waals surface area contributed by atoms with Gasteiger partial charge in [-0.15, -0.1) is 0 Å². The van der Waals surface area contributed by atoms with Crippen LogP contribution >= 0.6 is 0 Å². The zero-order valence-corrected chi connectivity index (χ0v) is 13.4. The molecule has 7 heteroatoms. The first kappa shape index (κ1) is 16.1. The van der Waals surface area contributed by atoms with Gasteiger partial charge in [-0.3, -0.25) is 0 Å². The number of ether oxygens (including phenoxy) is 2. The average Bonchev–Trinajstić information content (AvgIpc) is 2.46. The van der Waals surface area contributed by atoms with E-state index in [1.165, 1.54) is 30.7 Å². The third-order valence-corrected chi connectivity index (χ3v) is 5.83. The molecule has 2 unspecified atom stereocenters. The summed E-state index contributed by atoms with van der Waals surface area (Å²) in [6.45, 7) is 2.33. The predicted octanol–water partition coefficient (Wildman–Crippen LogP) is 1.20. The van der Waals surface area contributed by atoms with E-state index in [-0.39, 0.29) is 17.0 Å². The van der Waals surface area contributed by atoms with Gasteiger partial charge in [0, 0.05) is 24.7 Å². The van der Waals surface area contributed by atoms with E-state index in [2.05, 4.69) is 0 Å². The van der Waals surface area contributed by atoms with Gasteiger partial charge < -0.3 is 15.2 Å². The van der Waals surface area contributed by atoms with Crippen LogP contribution in [0.25, 0.3) is 0 Å². The van der Waals surface area contributed by atoms with Gasteiger partial charge in [0.1, 0.15) is 0 Å². The standard InChI is InChI=1S/C14H22N2O4S/c1-10-8-11(15)6-7-16(10)21(17,18)12-4-5-13(19-2)14(9-12)20-3/h4-5,9-11H,6-8,15H2,1-3H3. The van der Waals surface area contributed by atoms with Crippen molar-refractivity contribution in [3.05, 3.63) is 18.2 Å². The molecule has 0 aromatic heterocycles. The molecule has 0 spiro atoms. The number of nitrogens with two attached hydrogens (primary N) is 1. The number of rotatable bonds is 4. The fraction of sp³-hybridized carbons (Fsp3) is 0.571. The summed E-state index contributed by atoms with van der Waals surface area (Å²) < 4.78 is 37.3. The molecule has 1 aliphatic heterocycles. The molecule has 21 heavy (non-hydrogen) atoms. The maximum absolute atomic E-state index is 12.8. The summed E-state index contributed by atoms with van der Waals surface area (Å²) in [6.07, 6.45) is 1.35. The van der Waals surface area contributed by atoms with Crippen LogP contribution in [0.2, 0.25) is 0 Å². The Balaban J connectivity index is 2.35. The zero-order chi connectivity index (χ0) is 15.6. The molecule has 2 rings (SSSR count). The van der Waals surface area contributed by atoms with Crippen molar-refractivity contribution in [2.75, 3.05) is 20.8 Å².